The molecule has 0 saturated carbocycles. The van der Waals surface area contributed by atoms with Crippen LogP contribution in [0.2, 0.25) is 0 Å². The lowest BCUT2D eigenvalue weighted by Crippen LogP contribution is -2.25. The third-order valence-corrected chi connectivity index (χ3v) is 7.31. The first kappa shape index (κ1) is 20.2. The molecule has 0 N–H and O–H groups in total. The van der Waals surface area contributed by atoms with E-state index in [1.807, 2.05) is 18.2 Å². The Kier molecular flexibility index (Phi) is 6.22. The third-order valence-electron chi connectivity index (χ3n) is 4.42. The van der Waals surface area contributed by atoms with Crippen LogP contribution in [-0.2, 0) is 21.1 Å². The van der Waals surface area contributed by atoms with E-state index in [0.29, 0.717) is 5.69 Å². The van der Waals surface area contributed by atoms with Crippen LogP contribution in [0.25, 0.3) is 0 Å². The second kappa shape index (κ2) is 8.63. The molecule has 0 atom stereocenters. The maximum atomic E-state index is 13.0. The average molecular weight is 413 g/mol. The molecule has 1 aliphatic rings. The number of sulfone groups is 1. The number of hydrogen-bond acceptors (Lipinski definition) is 5. The van der Waals surface area contributed by atoms with Gasteiger partial charge in [-0.3, -0.25) is 9.69 Å². The molecule has 1 amide bonds. The fourth-order valence-electron chi connectivity index (χ4n) is 2.93. The summed E-state index contributed by atoms with van der Waals surface area (Å²) in [6.45, 7) is 2.13. The van der Waals surface area contributed by atoms with Crippen molar-refractivity contribution in [3.05, 3.63) is 70.1 Å². The van der Waals surface area contributed by atoms with Crippen molar-refractivity contribution in [1.82, 2.24) is 0 Å². The van der Waals surface area contributed by atoms with E-state index < -0.39 is 14.7 Å². The highest BCUT2D eigenvalue weighted by atomic mass is 32.2. The number of amides is 1. The summed E-state index contributed by atoms with van der Waals surface area (Å²) in [5.41, 5.74) is 1.73. The van der Waals surface area contributed by atoms with E-state index in [1.165, 1.54) is 17.0 Å². The standard InChI is InChI=1S/C21H20N2O3S2/c1-2-3-7-16-10-12-17(13-11-16)23-20(24)15-27-21(23)19(14-22)28(25,26)18-8-5-4-6-9-18/h4-6,8-13H,2-3,7,15H2,1H3/b21-19+. The largest absolute Gasteiger partial charge is 0.273 e. The Morgan fingerprint density at radius 1 is 1.14 bits per heavy atom. The van der Waals surface area contributed by atoms with Crippen molar-refractivity contribution in [3.8, 4) is 6.07 Å². The number of hydrogen-bond donors (Lipinski definition) is 0. The van der Waals surface area contributed by atoms with Gasteiger partial charge in [0.2, 0.25) is 15.7 Å². The van der Waals surface area contributed by atoms with E-state index in [4.69, 9.17) is 0 Å². The minimum absolute atomic E-state index is 0.0360. The molecule has 7 heteroatoms. The number of allylic oxidation sites excluding steroid dienone is 1. The summed E-state index contributed by atoms with van der Waals surface area (Å²) in [6, 6.07) is 17.1. The first-order valence-corrected chi connectivity index (χ1v) is 11.4. The van der Waals surface area contributed by atoms with Gasteiger partial charge in [-0.25, -0.2) is 8.42 Å². The fraction of sp³-hybridized carbons (Fsp3) is 0.238. The maximum absolute atomic E-state index is 13.0. The molecule has 1 aliphatic heterocycles. The molecular formula is C21H20N2O3S2. The van der Waals surface area contributed by atoms with Crippen LogP contribution < -0.4 is 4.90 Å². The fourth-order valence-corrected chi connectivity index (χ4v) is 5.53. The highest BCUT2D eigenvalue weighted by Crippen LogP contribution is 2.38. The SMILES string of the molecule is CCCCc1ccc(N2C(=O)CS/C2=C(\C#N)S(=O)(=O)c2ccccc2)cc1. The molecule has 5 nitrogen and oxygen atoms in total. The van der Waals surface area contributed by atoms with Crippen LogP contribution in [0, 0.1) is 11.3 Å². The van der Waals surface area contributed by atoms with Crippen molar-refractivity contribution in [2.24, 2.45) is 0 Å². The summed E-state index contributed by atoms with van der Waals surface area (Å²) in [4.78, 5) is 13.5. The molecular weight excluding hydrogens is 392 g/mol. The molecule has 0 radical (unpaired) electrons. The number of thioether (sulfide) groups is 1. The Balaban J connectivity index is 2.04. The second-order valence-electron chi connectivity index (χ2n) is 6.35. The van der Waals surface area contributed by atoms with Crippen molar-refractivity contribution in [2.75, 3.05) is 10.7 Å². The van der Waals surface area contributed by atoms with Crippen LogP contribution in [0.5, 0.6) is 0 Å². The van der Waals surface area contributed by atoms with Crippen LogP contribution in [-0.4, -0.2) is 20.1 Å². The van der Waals surface area contributed by atoms with Gasteiger partial charge >= 0.3 is 0 Å². The zero-order valence-corrected chi connectivity index (χ0v) is 17.1. The summed E-state index contributed by atoms with van der Waals surface area (Å²) in [6.07, 6.45) is 3.13. The number of carbonyl (C=O) groups excluding carboxylic acids is 1. The molecule has 3 rings (SSSR count). The van der Waals surface area contributed by atoms with Crippen molar-refractivity contribution >= 4 is 33.2 Å². The highest BCUT2D eigenvalue weighted by molar-refractivity contribution is 8.05. The lowest BCUT2D eigenvalue weighted by molar-refractivity contribution is -0.115. The highest BCUT2D eigenvalue weighted by Gasteiger charge is 2.36. The molecule has 1 heterocycles. The van der Waals surface area contributed by atoms with Crippen molar-refractivity contribution in [2.45, 2.75) is 31.1 Å². The van der Waals surface area contributed by atoms with Crippen molar-refractivity contribution < 1.29 is 13.2 Å². The van der Waals surface area contributed by atoms with E-state index >= 15 is 0 Å². The zero-order valence-electron chi connectivity index (χ0n) is 15.5. The summed E-state index contributed by atoms with van der Waals surface area (Å²) in [5, 5.41) is 9.80. The predicted octanol–water partition coefficient (Wildman–Crippen LogP) is 4.28. The van der Waals surface area contributed by atoms with Gasteiger partial charge in [0.15, 0.2) is 4.91 Å². The molecule has 0 unspecified atom stereocenters. The minimum Gasteiger partial charge on any atom is -0.273 e. The van der Waals surface area contributed by atoms with Gasteiger partial charge in [0.25, 0.3) is 0 Å². The second-order valence-corrected chi connectivity index (χ2v) is 9.20. The summed E-state index contributed by atoms with van der Waals surface area (Å²) in [5.74, 6) is -0.139. The van der Waals surface area contributed by atoms with Gasteiger partial charge in [-0.1, -0.05) is 55.4 Å². The summed E-state index contributed by atoms with van der Waals surface area (Å²) < 4.78 is 25.9. The molecule has 144 valence electrons. The van der Waals surface area contributed by atoms with Crippen molar-refractivity contribution in [3.63, 3.8) is 0 Å². The van der Waals surface area contributed by atoms with E-state index in [0.717, 1.165) is 36.6 Å². The first-order valence-electron chi connectivity index (χ1n) is 8.98. The average Bonchev–Trinajstić information content (AvgIpc) is 3.09. The number of unbranched alkanes of at least 4 members (excludes halogenated alkanes) is 1. The molecule has 0 bridgehead atoms. The lowest BCUT2D eigenvalue weighted by Gasteiger charge is -2.19. The molecule has 28 heavy (non-hydrogen) atoms. The number of carbonyl (C=O) groups is 1. The number of nitriles is 1. The van der Waals surface area contributed by atoms with E-state index in [1.54, 1.807) is 30.3 Å². The topological polar surface area (TPSA) is 78.2 Å². The van der Waals surface area contributed by atoms with E-state index in [-0.39, 0.29) is 21.6 Å². The van der Waals surface area contributed by atoms with Gasteiger partial charge in [0, 0.05) is 5.69 Å². The number of aryl methyl sites for hydroxylation is 1. The number of anilines is 1. The van der Waals surface area contributed by atoms with E-state index in [9.17, 15) is 18.5 Å². The van der Waals surface area contributed by atoms with Crippen LogP contribution in [0.15, 0.2) is 69.4 Å². The monoisotopic (exact) mass is 412 g/mol. The molecule has 1 saturated heterocycles. The van der Waals surface area contributed by atoms with Crippen LogP contribution >= 0.6 is 11.8 Å². The predicted molar refractivity (Wildman–Crippen MR) is 111 cm³/mol. The molecule has 0 aliphatic carbocycles. The molecule has 2 aromatic rings. The molecule has 1 fully saturated rings. The van der Waals surface area contributed by atoms with Crippen LogP contribution in [0.4, 0.5) is 5.69 Å². The van der Waals surface area contributed by atoms with Gasteiger partial charge < -0.3 is 0 Å². The maximum Gasteiger partial charge on any atom is 0.242 e. The van der Waals surface area contributed by atoms with Gasteiger partial charge in [-0.05, 0) is 42.7 Å². The Labute approximate surface area is 169 Å². The van der Waals surface area contributed by atoms with Gasteiger partial charge in [-0.2, -0.15) is 5.26 Å². The van der Waals surface area contributed by atoms with Crippen LogP contribution in [0.3, 0.4) is 0 Å². The summed E-state index contributed by atoms with van der Waals surface area (Å²) in [7, 11) is -4.02. The Morgan fingerprint density at radius 3 is 2.43 bits per heavy atom. The Hall–Kier alpha value is -2.56. The number of rotatable bonds is 6. The van der Waals surface area contributed by atoms with Gasteiger partial charge in [0.1, 0.15) is 11.1 Å². The Morgan fingerprint density at radius 2 is 1.82 bits per heavy atom. The van der Waals surface area contributed by atoms with E-state index in [2.05, 4.69) is 6.92 Å². The number of benzene rings is 2. The number of nitrogens with zero attached hydrogens (tertiary/aromatic N) is 2. The molecule has 2 aromatic carbocycles. The normalized spacial score (nSPS) is 16.1. The first-order chi connectivity index (χ1) is 13.5. The van der Waals surface area contributed by atoms with Gasteiger partial charge in [0.05, 0.1) is 10.6 Å². The van der Waals surface area contributed by atoms with Crippen molar-refractivity contribution in [1.29, 1.82) is 5.26 Å². The zero-order chi connectivity index (χ0) is 20.1. The quantitative estimate of drug-likeness (QED) is 0.662. The Bertz CT molecular complexity index is 1040. The summed E-state index contributed by atoms with van der Waals surface area (Å²) >= 11 is 1.08. The smallest absolute Gasteiger partial charge is 0.242 e. The minimum atomic E-state index is -4.02. The van der Waals surface area contributed by atoms with Crippen LogP contribution in [0.1, 0.15) is 25.3 Å². The van der Waals surface area contributed by atoms with Gasteiger partial charge in [-0.15, -0.1) is 0 Å². The third kappa shape index (κ3) is 3.98. The lowest BCUT2D eigenvalue weighted by atomic mass is 10.1. The molecule has 0 aromatic heterocycles. The molecule has 0 spiro atoms.